The van der Waals surface area contributed by atoms with E-state index in [9.17, 15) is 28.8 Å². The number of amides is 4. The quantitative estimate of drug-likeness (QED) is 0.270. The van der Waals surface area contributed by atoms with Crippen LogP contribution in [0.2, 0.25) is 0 Å². The number of imide groups is 2. The van der Waals surface area contributed by atoms with Gasteiger partial charge in [-0.2, -0.15) is 0 Å². The lowest BCUT2D eigenvalue weighted by atomic mass is 10.0. The average molecular weight is 515 g/mol. The Morgan fingerprint density at radius 3 is 2.49 bits per heavy atom. The summed E-state index contributed by atoms with van der Waals surface area (Å²) in [6.45, 7) is 7.06. The lowest BCUT2D eigenvalue weighted by Crippen LogP contribution is -2.54. The Morgan fingerprint density at radius 1 is 1.08 bits per heavy atom. The Labute approximate surface area is 216 Å². The van der Waals surface area contributed by atoms with Gasteiger partial charge in [-0.1, -0.05) is 25.8 Å². The van der Waals surface area contributed by atoms with Gasteiger partial charge in [0.05, 0.1) is 17.0 Å². The minimum Gasteiger partial charge on any atom is -0.485 e. The van der Waals surface area contributed by atoms with Crippen LogP contribution in [0, 0.1) is 5.92 Å². The minimum absolute atomic E-state index is 0.0149. The minimum atomic E-state index is -1.07. The molecule has 0 spiro atoms. The van der Waals surface area contributed by atoms with Gasteiger partial charge in [0.2, 0.25) is 11.8 Å². The van der Waals surface area contributed by atoms with E-state index >= 15 is 0 Å². The smallest absolute Gasteiger partial charge is 0.309 e. The van der Waals surface area contributed by atoms with E-state index in [1.54, 1.807) is 6.07 Å². The molecule has 2 aliphatic rings. The number of nitrogens with zero attached hydrogens (tertiary/aromatic N) is 1. The molecule has 2 atom stereocenters. The molecule has 1 aromatic rings. The van der Waals surface area contributed by atoms with Crippen molar-refractivity contribution in [3.63, 3.8) is 0 Å². The number of nitrogens with one attached hydrogen (secondary N) is 1. The van der Waals surface area contributed by atoms with Crippen molar-refractivity contribution < 1.29 is 38.2 Å². The van der Waals surface area contributed by atoms with Gasteiger partial charge in [-0.15, -0.1) is 0 Å². The number of ketones is 1. The summed E-state index contributed by atoms with van der Waals surface area (Å²) in [7, 11) is 0. The van der Waals surface area contributed by atoms with Gasteiger partial charge in [0.1, 0.15) is 24.0 Å². The SMILES string of the molecule is C[C@@H](CCCCCC(=O)COc1cccc2c1C(=O)N(C1CCC(=O)NC1=O)C2=O)C(=O)OC(C)(C)C. The molecule has 0 radical (unpaired) electrons. The summed E-state index contributed by atoms with van der Waals surface area (Å²) in [4.78, 5) is 74.9. The van der Waals surface area contributed by atoms with Crippen molar-refractivity contribution in [3.05, 3.63) is 29.3 Å². The fourth-order valence-corrected chi connectivity index (χ4v) is 4.30. The summed E-state index contributed by atoms with van der Waals surface area (Å²) >= 11 is 0. The fourth-order valence-electron chi connectivity index (χ4n) is 4.30. The lowest BCUT2D eigenvalue weighted by Gasteiger charge is -2.27. The van der Waals surface area contributed by atoms with Gasteiger partial charge in [-0.3, -0.25) is 39.0 Å². The standard InChI is InChI=1S/C27H34N2O8/c1-16(26(35)37-27(2,3)4)9-6-5-7-10-17(30)15-36-20-12-8-11-18-22(20)25(34)29(24(18)33)19-13-14-21(31)28-23(19)32/h8,11-12,16,19H,5-7,9-10,13-15H2,1-4H3,(H,28,31,32)/t16-,19?/m0/s1. The van der Waals surface area contributed by atoms with Crippen molar-refractivity contribution in [3.8, 4) is 5.75 Å². The Bertz CT molecular complexity index is 1100. The number of carbonyl (C=O) groups is 6. The average Bonchev–Trinajstić information content (AvgIpc) is 3.07. The molecule has 1 N–H and O–H groups in total. The van der Waals surface area contributed by atoms with Gasteiger partial charge in [0.15, 0.2) is 5.78 Å². The van der Waals surface area contributed by atoms with Crippen molar-refractivity contribution in [1.29, 1.82) is 0 Å². The molecule has 2 heterocycles. The summed E-state index contributed by atoms with van der Waals surface area (Å²) in [6.07, 6.45) is 3.24. The van der Waals surface area contributed by atoms with E-state index in [2.05, 4.69) is 5.32 Å². The van der Waals surface area contributed by atoms with Crippen LogP contribution in [-0.4, -0.2) is 58.5 Å². The molecular weight excluding hydrogens is 480 g/mol. The first kappa shape index (κ1) is 28.0. The fraction of sp³-hybridized carbons (Fsp3) is 0.556. The predicted octanol–water partition coefficient (Wildman–Crippen LogP) is 2.96. The molecule has 1 fully saturated rings. The van der Waals surface area contributed by atoms with Crippen molar-refractivity contribution in [1.82, 2.24) is 10.2 Å². The second-order valence-corrected chi connectivity index (χ2v) is 10.5. The predicted molar refractivity (Wildman–Crippen MR) is 132 cm³/mol. The Balaban J connectivity index is 1.48. The molecule has 0 aliphatic carbocycles. The summed E-state index contributed by atoms with van der Waals surface area (Å²) in [5.41, 5.74) is -0.405. The van der Waals surface area contributed by atoms with Crippen LogP contribution >= 0.6 is 0 Å². The topological polar surface area (TPSA) is 136 Å². The molecule has 0 saturated carbocycles. The van der Waals surface area contributed by atoms with Crippen LogP contribution in [0.1, 0.15) is 93.4 Å². The molecule has 1 aromatic carbocycles. The molecular formula is C27H34N2O8. The molecule has 2 aliphatic heterocycles. The van der Waals surface area contributed by atoms with Crippen LogP contribution in [0.15, 0.2) is 18.2 Å². The van der Waals surface area contributed by atoms with E-state index in [0.717, 1.165) is 17.7 Å². The first-order valence-electron chi connectivity index (χ1n) is 12.6. The van der Waals surface area contributed by atoms with E-state index in [-0.39, 0.29) is 60.4 Å². The lowest BCUT2D eigenvalue weighted by molar-refractivity contribution is -0.159. The molecule has 1 saturated heterocycles. The Hall–Kier alpha value is -3.56. The van der Waals surface area contributed by atoms with E-state index in [0.29, 0.717) is 12.8 Å². The van der Waals surface area contributed by atoms with Gasteiger partial charge in [0, 0.05) is 12.8 Å². The summed E-state index contributed by atoms with van der Waals surface area (Å²) in [5, 5.41) is 2.15. The molecule has 3 rings (SSSR count). The van der Waals surface area contributed by atoms with Gasteiger partial charge < -0.3 is 9.47 Å². The molecule has 0 aromatic heterocycles. The van der Waals surface area contributed by atoms with E-state index < -0.39 is 35.3 Å². The highest BCUT2D eigenvalue weighted by Crippen LogP contribution is 2.33. The maximum absolute atomic E-state index is 13.1. The highest BCUT2D eigenvalue weighted by atomic mass is 16.6. The number of Topliss-reactive ketones (excluding diaryl/α,β-unsaturated/α-hetero) is 1. The third kappa shape index (κ3) is 7.02. The summed E-state index contributed by atoms with van der Waals surface area (Å²) < 4.78 is 11.0. The summed E-state index contributed by atoms with van der Waals surface area (Å²) in [6, 6.07) is 3.44. The van der Waals surface area contributed by atoms with Gasteiger partial charge >= 0.3 is 5.97 Å². The van der Waals surface area contributed by atoms with Crippen LogP contribution in [0.25, 0.3) is 0 Å². The number of unbranched alkanes of at least 4 members (excludes halogenated alkanes) is 2. The van der Waals surface area contributed by atoms with E-state index in [4.69, 9.17) is 9.47 Å². The Kier molecular flexibility index (Phi) is 8.83. The number of rotatable bonds is 11. The number of hydrogen-bond acceptors (Lipinski definition) is 8. The largest absolute Gasteiger partial charge is 0.485 e. The van der Waals surface area contributed by atoms with Gasteiger partial charge in [0.25, 0.3) is 11.8 Å². The zero-order chi connectivity index (χ0) is 27.3. The molecule has 10 heteroatoms. The second-order valence-electron chi connectivity index (χ2n) is 10.5. The third-order valence-corrected chi connectivity index (χ3v) is 6.22. The third-order valence-electron chi connectivity index (χ3n) is 6.22. The maximum atomic E-state index is 13.1. The zero-order valence-corrected chi connectivity index (χ0v) is 21.8. The van der Waals surface area contributed by atoms with Crippen molar-refractivity contribution in [2.45, 2.75) is 84.3 Å². The monoisotopic (exact) mass is 514 g/mol. The number of piperidine rings is 1. The molecule has 4 amide bonds. The summed E-state index contributed by atoms with van der Waals surface area (Å²) in [5.74, 6) is -2.94. The number of esters is 1. The number of carbonyl (C=O) groups excluding carboxylic acids is 6. The zero-order valence-electron chi connectivity index (χ0n) is 21.8. The Morgan fingerprint density at radius 2 is 1.81 bits per heavy atom. The van der Waals surface area contributed by atoms with Crippen LogP contribution < -0.4 is 10.1 Å². The molecule has 10 nitrogen and oxygen atoms in total. The second kappa shape index (κ2) is 11.7. The van der Waals surface area contributed by atoms with Gasteiger partial charge in [-0.05, 0) is 52.2 Å². The maximum Gasteiger partial charge on any atom is 0.309 e. The number of benzene rings is 1. The van der Waals surface area contributed by atoms with Crippen LogP contribution in [0.3, 0.4) is 0 Å². The van der Waals surface area contributed by atoms with Crippen LogP contribution in [0.5, 0.6) is 5.75 Å². The number of fused-ring (bicyclic) bond motifs is 1. The highest BCUT2D eigenvalue weighted by molar-refractivity contribution is 6.24. The van der Waals surface area contributed by atoms with Crippen LogP contribution in [0.4, 0.5) is 0 Å². The number of hydrogen-bond donors (Lipinski definition) is 1. The molecule has 200 valence electrons. The van der Waals surface area contributed by atoms with Crippen molar-refractivity contribution in [2.24, 2.45) is 5.92 Å². The normalized spacial score (nSPS) is 18.4. The van der Waals surface area contributed by atoms with E-state index in [1.807, 2.05) is 27.7 Å². The first-order chi connectivity index (χ1) is 17.4. The molecule has 0 bridgehead atoms. The van der Waals surface area contributed by atoms with Crippen molar-refractivity contribution in [2.75, 3.05) is 6.61 Å². The van der Waals surface area contributed by atoms with Gasteiger partial charge in [-0.25, -0.2) is 0 Å². The highest BCUT2D eigenvalue weighted by Gasteiger charge is 2.46. The van der Waals surface area contributed by atoms with E-state index in [1.165, 1.54) is 12.1 Å². The first-order valence-corrected chi connectivity index (χ1v) is 12.6. The van der Waals surface area contributed by atoms with Crippen molar-refractivity contribution >= 4 is 35.4 Å². The van der Waals surface area contributed by atoms with Crippen LogP contribution in [-0.2, 0) is 23.9 Å². The molecule has 1 unspecified atom stereocenters. The molecule has 37 heavy (non-hydrogen) atoms. The number of ether oxygens (including phenoxy) is 2.